The Bertz CT molecular complexity index is 657. The maximum atomic E-state index is 12.6. The summed E-state index contributed by atoms with van der Waals surface area (Å²) < 4.78 is 5.19. The second kappa shape index (κ2) is 8.11. The topological polar surface area (TPSA) is 74.2 Å². The van der Waals surface area contributed by atoms with Crippen molar-refractivity contribution < 1.29 is 14.3 Å². The fraction of sp³-hybridized carbons (Fsp3) is 0.500. The third-order valence-corrected chi connectivity index (χ3v) is 4.59. The minimum atomic E-state index is -0.127. The summed E-state index contributed by atoms with van der Waals surface area (Å²) in [5, 5.41) is 3.92. The monoisotopic (exact) mass is 344 g/mol. The number of methoxy groups -OCH3 is 1. The van der Waals surface area contributed by atoms with Gasteiger partial charge in [0.25, 0.3) is 5.91 Å². The Kier molecular flexibility index (Phi) is 5.65. The van der Waals surface area contributed by atoms with Gasteiger partial charge in [-0.3, -0.25) is 14.5 Å². The van der Waals surface area contributed by atoms with Crippen LogP contribution in [0.25, 0.3) is 0 Å². The van der Waals surface area contributed by atoms with Crippen LogP contribution in [-0.4, -0.2) is 60.6 Å². The average molecular weight is 344 g/mol. The highest BCUT2D eigenvalue weighted by molar-refractivity contribution is 6.39. The zero-order valence-corrected chi connectivity index (χ0v) is 14.5. The molecule has 25 heavy (non-hydrogen) atoms. The van der Waals surface area contributed by atoms with E-state index < -0.39 is 0 Å². The molecule has 0 bridgehead atoms. The summed E-state index contributed by atoms with van der Waals surface area (Å²) >= 11 is 0. The van der Waals surface area contributed by atoms with Gasteiger partial charge in [-0.2, -0.15) is 5.10 Å². The summed E-state index contributed by atoms with van der Waals surface area (Å²) in [6.07, 6.45) is 1.69. The quantitative estimate of drug-likeness (QED) is 0.884. The Hall–Kier alpha value is -2.41. The number of hydrogen-bond donors (Lipinski definition) is 1. The van der Waals surface area contributed by atoms with Crippen molar-refractivity contribution in [1.29, 1.82) is 0 Å². The predicted molar refractivity (Wildman–Crippen MR) is 94.3 cm³/mol. The van der Waals surface area contributed by atoms with E-state index in [1.165, 1.54) is 5.56 Å². The number of nitrogens with one attached hydrogen (secondary N) is 1. The number of rotatable bonds is 4. The Morgan fingerprint density at radius 1 is 1.16 bits per heavy atom. The molecule has 0 atom stereocenters. The molecule has 0 unspecified atom stereocenters. The SMILES string of the molecule is COc1ccc(CN2CCCN(C(=O)C3=NNC(=O)CC3)CC2)cc1. The van der Waals surface area contributed by atoms with Gasteiger partial charge in [0.15, 0.2) is 0 Å². The van der Waals surface area contributed by atoms with Gasteiger partial charge < -0.3 is 9.64 Å². The second-order valence-corrected chi connectivity index (χ2v) is 6.36. The molecule has 0 spiro atoms. The third kappa shape index (κ3) is 4.57. The highest BCUT2D eigenvalue weighted by atomic mass is 16.5. The molecule has 3 rings (SSSR count). The van der Waals surface area contributed by atoms with Crippen molar-refractivity contribution in [3.8, 4) is 5.75 Å². The molecule has 1 N–H and O–H groups in total. The molecule has 1 aromatic carbocycles. The van der Waals surface area contributed by atoms with Crippen LogP contribution in [0.5, 0.6) is 5.75 Å². The molecule has 7 nitrogen and oxygen atoms in total. The van der Waals surface area contributed by atoms with Gasteiger partial charge in [0, 0.05) is 45.6 Å². The Morgan fingerprint density at radius 3 is 2.64 bits per heavy atom. The Labute approximate surface area is 147 Å². The first-order valence-corrected chi connectivity index (χ1v) is 8.65. The minimum absolute atomic E-state index is 0.0497. The number of amides is 2. The van der Waals surface area contributed by atoms with E-state index in [4.69, 9.17) is 4.74 Å². The summed E-state index contributed by atoms with van der Waals surface area (Å²) in [7, 11) is 1.66. The summed E-state index contributed by atoms with van der Waals surface area (Å²) in [5.41, 5.74) is 4.10. The number of benzene rings is 1. The summed E-state index contributed by atoms with van der Waals surface area (Å²) in [6, 6.07) is 8.09. The van der Waals surface area contributed by atoms with Gasteiger partial charge >= 0.3 is 0 Å². The van der Waals surface area contributed by atoms with E-state index in [0.717, 1.165) is 38.3 Å². The fourth-order valence-corrected chi connectivity index (χ4v) is 3.13. The number of hydrazone groups is 1. The second-order valence-electron chi connectivity index (χ2n) is 6.36. The molecule has 2 aliphatic heterocycles. The van der Waals surface area contributed by atoms with Crippen LogP contribution in [0.1, 0.15) is 24.8 Å². The normalized spacial score (nSPS) is 19.0. The van der Waals surface area contributed by atoms with E-state index in [-0.39, 0.29) is 11.8 Å². The smallest absolute Gasteiger partial charge is 0.270 e. The molecule has 134 valence electrons. The molecule has 1 aromatic rings. The lowest BCUT2D eigenvalue weighted by molar-refractivity contribution is -0.124. The maximum absolute atomic E-state index is 12.6. The zero-order valence-electron chi connectivity index (χ0n) is 14.5. The summed E-state index contributed by atoms with van der Waals surface area (Å²) in [6.45, 7) is 4.06. The third-order valence-electron chi connectivity index (χ3n) is 4.59. The molecule has 7 heteroatoms. The van der Waals surface area contributed by atoms with E-state index in [9.17, 15) is 9.59 Å². The molecule has 0 aliphatic carbocycles. The Balaban J connectivity index is 1.54. The molecular weight excluding hydrogens is 320 g/mol. The van der Waals surface area contributed by atoms with Crippen molar-refractivity contribution in [2.75, 3.05) is 33.3 Å². The van der Waals surface area contributed by atoms with Crippen molar-refractivity contribution in [1.82, 2.24) is 15.2 Å². The minimum Gasteiger partial charge on any atom is -0.497 e. The van der Waals surface area contributed by atoms with Crippen molar-refractivity contribution in [2.24, 2.45) is 5.10 Å². The molecule has 1 saturated heterocycles. The summed E-state index contributed by atoms with van der Waals surface area (Å²) in [5.74, 6) is 0.682. The number of carbonyl (C=O) groups excluding carboxylic acids is 2. The first-order chi connectivity index (χ1) is 12.2. The van der Waals surface area contributed by atoms with Crippen LogP contribution in [0.4, 0.5) is 0 Å². The number of ether oxygens (including phenoxy) is 1. The van der Waals surface area contributed by atoms with Gasteiger partial charge in [-0.1, -0.05) is 12.1 Å². The van der Waals surface area contributed by atoms with E-state index in [1.807, 2.05) is 17.0 Å². The maximum Gasteiger partial charge on any atom is 0.270 e. The van der Waals surface area contributed by atoms with Crippen molar-refractivity contribution >= 4 is 17.5 Å². The first-order valence-electron chi connectivity index (χ1n) is 8.65. The van der Waals surface area contributed by atoms with Crippen LogP contribution < -0.4 is 10.2 Å². The highest BCUT2D eigenvalue weighted by Gasteiger charge is 2.25. The molecule has 0 saturated carbocycles. The van der Waals surface area contributed by atoms with E-state index in [2.05, 4.69) is 27.6 Å². The van der Waals surface area contributed by atoms with Crippen LogP contribution in [0.3, 0.4) is 0 Å². The van der Waals surface area contributed by atoms with Crippen molar-refractivity contribution in [3.63, 3.8) is 0 Å². The molecule has 2 heterocycles. The molecule has 1 fully saturated rings. The molecule has 2 aliphatic rings. The van der Waals surface area contributed by atoms with Crippen LogP contribution >= 0.6 is 0 Å². The van der Waals surface area contributed by atoms with Gasteiger partial charge in [-0.15, -0.1) is 0 Å². The molecule has 0 aromatic heterocycles. The standard InChI is InChI=1S/C18H24N4O3/c1-25-15-5-3-14(4-6-15)13-21-9-2-10-22(12-11-21)18(24)16-7-8-17(23)20-19-16/h3-6H,2,7-13H2,1H3,(H,20,23). The van der Waals surface area contributed by atoms with E-state index >= 15 is 0 Å². The molecule has 2 amide bonds. The molecule has 0 radical (unpaired) electrons. The van der Waals surface area contributed by atoms with Crippen LogP contribution in [0.15, 0.2) is 29.4 Å². The van der Waals surface area contributed by atoms with Crippen LogP contribution in [-0.2, 0) is 16.1 Å². The summed E-state index contributed by atoms with van der Waals surface area (Å²) in [4.78, 5) is 27.9. The van der Waals surface area contributed by atoms with Gasteiger partial charge in [0.2, 0.25) is 5.91 Å². The average Bonchev–Trinajstić information content (AvgIpc) is 2.88. The highest BCUT2D eigenvalue weighted by Crippen LogP contribution is 2.15. The largest absolute Gasteiger partial charge is 0.497 e. The van der Waals surface area contributed by atoms with Gasteiger partial charge in [0.05, 0.1) is 7.11 Å². The van der Waals surface area contributed by atoms with Gasteiger partial charge in [-0.25, -0.2) is 5.43 Å². The van der Waals surface area contributed by atoms with Crippen LogP contribution in [0, 0.1) is 0 Å². The lowest BCUT2D eigenvalue weighted by Crippen LogP contribution is -2.42. The van der Waals surface area contributed by atoms with Gasteiger partial charge in [-0.05, 0) is 24.1 Å². The van der Waals surface area contributed by atoms with E-state index in [1.54, 1.807) is 7.11 Å². The number of hydrogen-bond acceptors (Lipinski definition) is 5. The van der Waals surface area contributed by atoms with E-state index in [0.29, 0.717) is 25.1 Å². The lowest BCUT2D eigenvalue weighted by atomic mass is 10.1. The lowest BCUT2D eigenvalue weighted by Gasteiger charge is -2.23. The Morgan fingerprint density at radius 2 is 1.96 bits per heavy atom. The zero-order chi connectivity index (χ0) is 17.6. The predicted octanol–water partition coefficient (Wildman–Crippen LogP) is 0.995. The number of nitrogens with zero attached hydrogens (tertiary/aromatic N) is 3. The first kappa shape index (κ1) is 17.4. The van der Waals surface area contributed by atoms with Gasteiger partial charge in [0.1, 0.15) is 11.5 Å². The fourth-order valence-electron chi connectivity index (χ4n) is 3.13. The van der Waals surface area contributed by atoms with Crippen molar-refractivity contribution in [2.45, 2.75) is 25.8 Å². The number of carbonyl (C=O) groups is 2. The van der Waals surface area contributed by atoms with Crippen LogP contribution in [0.2, 0.25) is 0 Å². The molecular formula is C18H24N4O3. The van der Waals surface area contributed by atoms with Crippen molar-refractivity contribution in [3.05, 3.63) is 29.8 Å².